The number of hydrogen-bond donors (Lipinski definition) is 0. The summed E-state index contributed by atoms with van der Waals surface area (Å²) in [5, 5.41) is 0. The van der Waals surface area contributed by atoms with Crippen LogP contribution >= 0.6 is 15.9 Å². The van der Waals surface area contributed by atoms with Crippen LogP contribution in [-0.4, -0.2) is 9.55 Å². The van der Waals surface area contributed by atoms with Crippen molar-refractivity contribution in [1.82, 2.24) is 9.55 Å². The second-order valence-electron chi connectivity index (χ2n) is 3.06. The van der Waals surface area contributed by atoms with Crippen molar-refractivity contribution >= 4 is 15.9 Å². The molecule has 2 heterocycles. The molecule has 0 aromatic carbocycles. The Morgan fingerprint density at radius 1 is 1.50 bits per heavy atom. The molecule has 2 aromatic heterocycles. The summed E-state index contributed by atoms with van der Waals surface area (Å²) in [5.41, 5.74) is 0. The molecule has 0 aliphatic carbocycles. The molecule has 2 aromatic rings. The summed E-state index contributed by atoms with van der Waals surface area (Å²) < 4.78 is 8.55. The van der Waals surface area contributed by atoms with Gasteiger partial charge in [-0.1, -0.05) is 0 Å². The minimum Gasteiger partial charge on any atom is -0.458 e. The van der Waals surface area contributed by atoms with Gasteiger partial charge < -0.3 is 8.98 Å². The molecule has 0 unspecified atom stereocenters. The number of halogens is 1. The van der Waals surface area contributed by atoms with Gasteiger partial charge in [-0.2, -0.15) is 0 Å². The second-order valence-corrected chi connectivity index (χ2v) is 3.87. The van der Waals surface area contributed by atoms with E-state index in [1.165, 1.54) is 0 Å². The summed E-state index contributed by atoms with van der Waals surface area (Å²) in [4.78, 5) is 4.29. The van der Waals surface area contributed by atoms with Crippen molar-refractivity contribution in [3.8, 4) is 11.6 Å². The van der Waals surface area contributed by atoms with Crippen LogP contribution in [0.3, 0.4) is 0 Å². The molecule has 0 radical (unpaired) electrons. The van der Waals surface area contributed by atoms with E-state index < -0.39 is 0 Å². The maximum atomic E-state index is 5.52. The van der Waals surface area contributed by atoms with Crippen molar-refractivity contribution in [3.05, 3.63) is 28.7 Å². The largest absolute Gasteiger partial charge is 0.458 e. The molecule has 0 bridgehead atoms. The Bertz CT molecular complexity index is 445. The molecule has 0 amide bonds. The molecule has 3 nitrogen and oxygen atoms in total. The van der Waals surface area contributed by atoms with Gasteiger partial charge in [-0.25, -0.2) is 4.98 Å². The Kier molecular flexibility index (Phi) is 2.46. The summed E-state index contributed by atoms with van der Waals surface area (Å²) in [5.74, 6) is 2.59. The average Bonchev–Trinajstić information content (AvgIpc) is 2.71. The van der Waals surface area contributed by atoms with Crippen LogP contribution in [0.1, 0.15) is 12.7 Å². The van der Waals surface area contributed by atoms with E-state index >= 15 is 0 Å². The van der Waals surface area contributed by atoms with Crippen LogP contribution in [0.4, 0.5) is 0 Å². The van der Waals surface area contributed by atoms with Crippen molar-refractivity contribution in [2.24, 2.45) is 0 Å². The zero-order valence-electron chi connectivity index (χ0n) is 8.12. The van der Waals surface area contributed by atoms with Crippen LogP contribution < -0.4 is 0 Å². The van der Waals surface area contributed by atoms with Crippen molar-refractivity contribution in [3.63, 3.8) is 0 Å². The van der Waals surface area contributed by atoms with Gasteiger partial charge in [0.15, 0.2) is 11.6 Å². The first-order valence-corrected chi connectivity index (χ1v) is 5.29. The smallest absolute Gasteiger partial charge is 0.177 e. The van der Waals surface area contributed by atoms with Gasteiger partial charge >= 0.3 is 0 Å². The number of nitrogens with zero attached hydrogens (tertiary/aromatic N) is 2. The maximum absolute atomic E-state index is 5.52. The molecule has 0 saturated carbocycles. The summed E-state index contributed by atoms with van der Waals surface area (Å²) in [7, 11) is 0. The summed E-state index contributed by atoms with van der Waals surface area (Å²) in [6, 6.07) is 3.88. The van der Waals surface area contributed by atoms with Crippen LogP contribution in [0.5, 0.6) is 0 Å². The first-order chi connectivity index (χ1) is 6.72. The lowest BCUT2D eigenvalue weighted by Crippen LogP contribution is -1.96. The minimum atomic E-state index is 0.815. The van der Waals surface area contributed by atoms with E-state index in [1.54, 1.807) is 6.20 Å². The van der Waals surface area contributed by atoms with E-state index in [2.05, 4.69) is 32.4 Å². The van der Waals surface area contributed by atoms with E-state index in [1.807, 2.05) is 19.1 Å². The Balaban J connectivity index is 2.51. The maximum Gasteiger partial charge on any atom is 0.177 e. The van der Waals surface area contributed by atoms with Crippen molar-refractivity contribution in [1.29, 1.82) is 0 Å². The molecular weight excluding hydrogens is 244 g/mol. The topological polar surface area (TPSA) is 31.0 Å². The lowest BCUT2D eigenvalue weighted by Gasteiger charge is -2.02. The number of aryl methyl sites for hydroxylation is 1. The fourth-order valence-corrected chi connectivity index (χ4v) is 1.93. The molecular formula is C10H11BrN2O. The number of imidazole rings is 1. The second kappa shape index (κ2) is 3.61. The van der Waals surface area contributed by atoms with Gasteiger partial charge in [0.25, 0.3) is 0 Å². The number of furan rings is 1. The van der Waals surface area contributed by atoms with Gasteiger partial charge in [0.2, 0.25) is 0 Å². The van der Waals surface area contributed by atoms with E-state index in [4.69, 9.17) is 4.42 Å². The third kappa shape index (κ3) is 1.50. The fourth-order valence-electron chi connectivity index (χ4n) is 1.41. The highest BCUT2D eigenvalue weighted by molar-refractivity contribution is 9.10. The normalized spacial score (nSPS) is 10.8. The Labute approximate surface area is 90.9 Å². The SMILES string of the molecule is CCn1c(Br)cnc1-c1ccc(C)o1. The molecule has 0 N–H and O–H groups in total. The standard InChI is InChI=1S/C10H11BrN2O/c1-3-13-9(11)6-12-10(13)8-5-4-7(2)14-8/h4-6H,3H2,1-2H3. The van der Waals surface area contributed by atoms with Gasteiger partial charge in [-0.15, -0.1) is 0 Å². The Morgan fingerprint density at radius 2 is 2.29 bits per heavy atom. The molecule has 0 spiro atoms. The molecule has 4 heteroatoms. The lowest BCUT2D eigenvalue weighted by molar-refractivity contribution is 0.538. The van der Waals surface area contributed by atoms with Crippen LogP contribution in [0, 0.1) is 6.92 Å². The molecule has 0 atom stereocenters. The Morgan fingerprint density at radius 3 is 2.86 bits per heavy atom. The van der Waals surface area contributed by atoms with Crippen LogP contribution in [0.2, 0.25) is 0 Å². The highest BCUT2D eigenvalue weighted by Crippen LogP contribution is 2.24. The van der Waals surface area contributed by atoms with Crippen molar-refractivity contribution < 1.29 is 4.42 Å². The van der Waals surface area contributed by atoms with Crippen molar-refractivity contribution in [2.45, 2.75) is 20.4 Å². The molecule has 0 fully saturated rings. The zero-order valence-corrected chi connectivity index (χ0v) is 9.71. The lowest BCUT2D eigenvalue weighted by atomic mass is 10.4. The van der Waals surface area contributed by atoms with Gasteiger partial charge in [-0.3, -0.25) is 0 Å². The van der Waals surface area contributed by atoms with E-state index in [0.717, 1.165) is 28.5 Å². The molecule has 0 saturated heterocycles. The summed E-state index contributed by atoms with van der Waals surface area (Å²) >= 11 is 3.44. The highest BCUT2D eigenvalue weighted by atomic mass is 79.9. The van der Waals surface area contributed by atoms with E-state index in [-0.39, 0.29) is 0 Å². The van der Waals surface area contributed by atoms with Crippen LogP contribution in [0.25, 0.3) is 11.6 Å². The van der Waals surface area contributed by atoms with E-state index in [9.17, 15) is 0 Å². The number of aromatic nitrogens is 2. The monoisotopic (exact) mass is 254 g/mol. The van der Waals surface area contributed by atoms with Gasteiger partial charge in [0.1, 0.15) is 10.4 Å². The summed E-state index contributed by atoms with van der Waals surface area (Å²) in [6.07, 6.45) is 1.79. The molecule has 0 aliphatic heterocycles. The average molecular weight is 255 g/mol. The summed E-state index contributed by atoms with van der Waals surface area (Å²) in [6.45, 7) is 4.87. The van der Waals surface area contributed by atoms with Gasteiger partial charge in [-0.05, 0) is 41.9 Å². The fraction of sp³-hybridized carbons (Fsp3) is 0.300. The van der Waals surface area contributed by atoms with E-state index in [0.29, 0.717) is 0 Å². The predicted octanol–water partition coefficient (Wildman–Crippen LogP) is 3.23. The number of hydrogen-bond acceptors (Lipinski definition) is 2. The zero-order chi connectivity index (χ0) is 10.1. The quantitative estimate of drug-likeness (QED) is 0.824. The molecule has 0 aliphatic rings. The first kappa shape index (κ1) is 9.52. The van der Waals surface area contributed by atoms with Crippen LogP contribution in [0.15, 0.2) is 27.3 Å². The van der Waals surface area contributed by atoms with Crippen molar-refractivity contribution in [2.75, 3.05) is 0 Å². The third-order valence-electron chi connectivity index (χ3n) is 2.08. The first-order valence-electron chi connectivity index (χ1n) is 4.50. The Hall–Kier alpha value is -1.03. The van der Waals surface area contributed by atoms with Crippen LogP contribution in [-0.2, 0) is 6.54 Å². The minimum absolute atomic E-state index is 0.815. The molecule has 74 valence electrons. The third-order valence-corrected chi connectivity index (χ3v) is 2.72. The molecule has 2 rings (SSSR count). The predicted molar refractivity (Wildman–Crippen MR) is 58.0 cm³/mol. The highest BCUT2D eigenvalue weighted by Gasteiger charge is 2.11. The van der Waals surface area contributed by atoms with Gasteiger partial charge in [0, 0.05) is 6.54 Å². The molecule has 14 heavy (non-hydrogen) atoms. The van der Waals surface area contributed by atoms with Gasteiger partial charge in [0.05, 0.1) is 6.20 Å². The number of rotatable bonds is 2.